The number of hydrogen-bond donors (Lipinski definition) is 3. The molecule has 0 saturated carbocycles. The van der Waals surface area contributed by atoms with E-state index in [-0.39, 0.29) is 18.5 Å². The molecule has 6 heteroatoms. The normalized spacial score (nSPS) is 12.7. The SMILES string of the molecule is CCCCCCC/C=C\CCCCCCCC(=O)OCCCCCCCCCCCCCCCCCCCC/C=C\CCCCCCCCCCCCCCCCCCCC(=O)NC(CO)C(O)/C=C/CCCCCCCCC. The Bertz CT molecular complexity index is 1280. The van der Waals surface area contributed by atoms with E-state index >= 15 is 0 Å². The van der Waals surface area contributed by atoms with E-state index in [9.17, 15) is 19.8 Å². The quantitative estimate of drug-likeness (QED) is 0.0320. The van der Waals surface area contributed by atoms with Gasteiger partial charge in [0.1, 0.15) is 0 Å². The average Bonchev–Trinajstić information content (AvgIpc) is 3.45. The summed E-state index contributed by atoms with van der Waals surface area (Å²) in [6.45, 7) is 4.89. The Kier molecular flexibility index (Phi) is 66.9. The molecule has 0 fully saturated rings. The molecular weight excluding hydrogens is 971 g/mol. The number of rotatable bonds is 67. The van der Waals surface area contributed by atoms with E-state index in [0.29, 0.717) is 19.4 Å². The van der Waals surface area contributed by atoms with Crippen LogP contribution in [0.4, 0.5) is 0 Å². The molecule has 0 heterocycles. The van der Waals surface area contributed by atoms with Crippen LogP contribution in [-0.2, 0) is 14.3 Å². The van der Waals surface area contributed by atoms with Crippen molar-refractivity contribution < 1.29 is 24.5 Å². The number of carbonyl (C=O) groups is 2. The zero-order valence-electron chi connectivity index (χ0n) is 53.4. The lowest BCUT2D eigenvalue weighted by Gasteiger charge is -2.20. The Morgan fingerprint density at radius 1 is 0.342 bits per heavy atom. The second-order valence-corrected chi connectivity index (χ2v) is 24.6. The zero-order chi connectivity index (χ0) is 57.1. The van der Waals surface area contributed by atoms with Crippen LogP contribution in [0.15, 0.2) is 36.5 Å². The van der Waals surface area contributed by atoms with E-state index in [1.165, 1.54) is 321 Å². The van der Waals surface area contributed by atoms with Crippen LogP contribution in [-0.4, -0.2) is 47.4 Å². The summed E-state index contributed by atoms with van der Waals surface area (Å²) < 4.78 is 5.49. The topological polar surface area (TPSA) is 95.9 Å². The number of unbranched alkanes of at least 4 members (excludes halogenated alkanes) is 52. The van der Waals surface area contributed by atoms with Gasteiger partial charge in [-0.2, -0.15) is 0 Å². The van der Waals surface area contributed by atoms with Gasteiger partial charge in [-0.25, -0.2) is 0 Å². The van der Waals surface area contributed by atoms with Gasteiger partial charge in [0.15, 0.2) is 0 Å². The third-order valence-corrected chi connectivity index (χ3v) is 16.6. The summed E-state index contributed by atoms with van der Waals surface area (Å²) >= 11 is 0. The number of aliphatic hydroxyl groups excluding tert-OH is 2. The molecule has 2 atom stereocenters. The highest BCUT2D eigenvalue weighted by molar-refractivity contribution is 5.76. The van der Waals surface area contributed by atoms with Crippen molar-refractivity contribution in [2.75, 3.05) is 13.2 Å². The monoisotopic (exact) mass is 1110 g/mol. The minimum atomic E-state index is -0.839. The predicted molar refractivity (Wildman–Crippen MR) is 347 cm³/mol. The van der Waals surface area contributed by atoms with Crippen LogP contribution in [0.2, 0.25) is 0 Å². The van der Waals surface area contributed by atoms with Crippen molar-refractivity contribution in [2.45, 2.75) is 405 Å². The first-order chi connectivity index (χ1) is 39.0. The van der Waals surface area contributed by atoms with Gasteiger partial charge in [-0.1, -0.05) is 333 Å². The van der Waals surface area contributed by atoms with E-state index < -0.39 is 12.1 Å². The molecule has 0 spiro atoms. The Balaban J connectivity index is 3.30. The second-order valence-electron chi connectivity index (χ2n) is 24.6. The van der Waals surface area contributed by atoms with Crippen molar-refractivity contribution in [1.29, 1.82) is 0 Å². The van der Waals surface area contributed by atoms with Crippen molar-refractivity contribution in [3.63, 3.8) is 0 Å². The van der Waals surface area contributed by atoms with Gasteiger partial charge >= 0.3 is 5.97 Å². The van der Waals surface area contributed by atoms with Crippen molar-refractivity contribution in [3.8, 4) is 0 Å². The molecule has 0 aromatic rings. The van der Waals surface area contributed by atoms with Crippen LogP contribution in [0.1, 0.15) is 393 Å². The maximum Gasteiger partial charge on any atom is 0.305 e. The summed E-state index contributed by atoms with van der Waals surface area (Å²) in [6, 6.07) is -0.622. The van der Waals surface area contributed by atoms with E-state index in [2.05, 4.69) is 43.5 Å². The molecule has 1 amide bonds. The fourth-order valence-electron chi connectivity index (χ4n) is 11.2. The number of amides is 1. The van der Waals surface area contributed by atoms with Gasteiger partial charge in [0, 0.05) is 12.8 Å². The first-order valence-electron chi connectivity index (χ1n) is 35.8. The molecule has 0 bridgehead atoms. The summed E-state index contributed by atoms with van der Waals surface area (Å²) in [7, 11) is 0. The van der Waals surface area contributed by atoms with Crippen LogP contribution in [0.25, 0.3) is 0 Å². The standard InChI is InChI=1S/C73H139NO5/c1-3-5-7-9-11-13-14-15-44-47-51-55-59-63-67-73(78)79-68-64-60-56-52-48-45-42-40-38-36-34-32-30-28-26-24-22-20-18-16-17-19-21-23-25-27-29-31-33-35-37-39-41-43-46-50-54-58-62-66-72(77)74-70(69-75)71(76)65-61-57-53-49-12-10-8-6-4-2/h14-17,61,65,70-71,75-76H,3-13,18-60,62-64,66-69H2,1-2H3,(H,74,77)/b15-14-,17-16-,65-61+. The first kappa shape index (κ1) is 77.1. The number of aliphatic hydroxyl groups is 2. The number of ether oxygens (including phenoxy) is 1. The van der Waals surface area contributed by atoms with E-state index in [4.69, 9.17) is 4.74 Å². The smallest absolute Gasteiger partial charge is 0.305 e. The third-order valence-electron chi connectivity index (χ3n) is 16.6. The molecule has 466 valence electrons. The zero-order valence-corrected chi connectivity index (χ0v) is 53.4. The van der Waals surface area contributed by atoms with Crippen molar-refractivity contribution in [2.24, 2.45) is 0 Å². The summed E-state index contributed by atoms with van der Waals surface area (Å²) in [6.07, 6.45) is 88.4. The third kappa shape index (κ3) is 65.1. The lowest BCUT2D eigenvalue weighted by atomic mass is 10.0. The fourth-order valence-corrected chi connectivity index (χ4v) is 11.2. The molecule has 0 aromatic heterocycles. The van der Waals surface area contributed by atoms with Crippen molar-refractivity contribution in [1.82, 2.24) is 5.32 Å². The number of nitrogens with one attached hydrogen (secondary N) is 1. The summed E-state index contributed by atoms with van der Waals surface area (Å²) in [4.78, 5) is 24.5. The van der Waals surface area contributed by atoms with Crippen LogP contribution in [0.5, 0.6) is 0 Å². The molecule has 0 aliphatic heterocycles. The molecule has 6 nitrogen and oxygen atoms in total. The molecule has 0 aliphatic carbocycles. The molecule has 3 N–H and O–H groups in total. The lowest BCUT2D eigenvalue weighted by molar-refractivity contribution is -0.143. The molecule has 0 saturated heterocycles. The fraction of sp³-hybridized carbons (Fsp3) is 0.890. The van der Waals surface area contributed by atoms with Crippen LogP contribution in [0, 0.1) is 0 Å². The average molecular weight is 1110 g/mol. The second kappa shape index (κ2) is 68.6. The van der Waals surface area contributed by atoms with Crippen LogP contribution in [0.3, 0.4) is 0 Å². The Morgan fingerprint density at radius 2 is 0.595 bits per heavy atom. The Morgan fingerprint density at radius 3 is 0.899 bits per heavy atom. The lowest BCUT2D eigenvalue weighted by Crippen LogP contribution is -2.45. The highest BCUT2D eigenvalue weighted by atomic mass is 16.5. The van der Waals surface area contributed by atoms with Gasteiger partial charge in [0.05, 0.1) is 25.4 Å². The number of hydrogen-bond acceptors (Lipinski definition) is 5. The van der Waals surface area contributed by atoms with Crippen LogP contribution < -0.4 is 5.32 Å². The van der Waals surface area contributed by atoms with Gasteiger partial charge in [-0.05, 0) is 83.5 Å². The van der Waals surface area contributed by atoms with E-state index in [1.807, 2.05) is 6.08 Å². The predicted octanol–water partition coefficient (Wildman–Crippen LogP) is 23.1. The van der Waals surface area contributed by atoms with Crippen LogP contribution >= 0.6 is 0 Å². The molecule has 2 unspecified atom stereocenters. The van der Waals surface area contributed by atoms with E-state index in [1.54, 1.807) is 6.08 Å². The number of esters is 1. The maximum absolute atomic E-state index is 12.4. The van der Waals surface area contributed by atoms with Gasteiger partial charge in [-0.3, -0.25) is 9.59 Å². The van der Waals surface area contributed by atoms with Crippen molar-refractivity contribution >= 4 is 11.9 Å². The number of carbonyl (C=O) groups excluding carboxylic acids is 2. The van der Waals surface area contributed by atoms with Gasteiger partial charge in [0.25, 0.3) is 0 Å². The molecule has 0 aromatic carbocycles. The first-order valence-corrected chi connectivity index (χ1v) is 35.8. The molecular formula is C73H139NO5. The molecule has 0 aliphatic rings. The number of allylic oxidation sites excluding steroid dienone is 5. The highest BCUT2D eigenvalue weighted by Crippen LogP contribution is 2.18. The Hall–Kier alpha value is -1.92. The van der Waals surface area contributed by atoms with E-state index in [0.717, 1.165) is 44.9 Å². The summed E-state index contributed by atoms with van der Waals surface area (Å²) in [5.74, 6) is -0.0512. The molecule has 0 radical (unpaired) electrons. The summed E-state index contributed by atoms with van der Waals surface area (Å²) in [5.41, 5.74) is 0. The largest absolute Gasteiger partial charge is 0.466 e. The van der Waals surface area contributed by atoms with Gasteiger partial charge < -0.3 is 20.3 Å². The molecule has 79 heavy (non-hydrogen) atoms. The molecule has 0 rings (SSSR count). The van der Waals surface area contributed by atoms with Gasteiger partial charge in [-0.15, -0.1) is 0 Å². The minimum absolute atomic E-state index is 0.0139. The van der Waals surface area contributed by atoms with Crippen molar-refractivity contribution in [3.05, 3.63) is 36.5 Å². The Labute approximate surface area is 494 Å². The minimum Gasteiger partial charge on any atom is -0.466 e. The summed E-state index contributed by atoms with van der Waals surface area (Å²) in [5, 5.41) is 23.0. The maximum atomic E-state index is 12.4. The highest BCUT2D eigenvalue weighted by Gasteiger charge is 2.18. The van der Waals surface area contributed by atoms with Gasteiger partial charge in [0.2, 0.25) is 5.91 Å².